The predicted molar refractivity (Wildman–Crippen MR) is 108 cm³/mol. The Balaban J connectivity index is 2.48. The number of Topliss-reactive ketones (excluding diaryl/α,β-unsaturated/α-hetero) is 1. The zero-order valence-electron chi connectivity index (χ0n) is 14.7. The van der Waals surface area contributed by atoms with Crippen molar-refractivity contribution in [3.8, 4) is 5.75 Å². The summed E-state index contributed by atoms with van der Waals surface area (Å²) in [5, 5.41) is 0. The van der Waals surface area contributed by atoms with Crippen LogP contribution in [0.1, 0.15) is 22.8 Å². The lowest BCUT2D eigenvalue weighted by molar-refractivity contribution is 0.0476. The molecule has 3 nitrogen and oxygen atoms in total. The first-order valence-corrected chi connectivity index (χ1v) is 12.3. The van der Waals surface area contributed by atoms with Crippen molar-refractivity contribution in [1.82, 2.24) is 0 Å². The molecule has 0 N–H and O–H groups in total. The van der Waals surface area contributed by atoms with Crippen LogP contribution in [0.15, 0.2) is 48.5 Å². The largest absolute Gasteiger partial charge is 0.497 e. The Bertz CT molecular complexity index is 705. The molecule has 0 aromatic heterocycles. The summed E-state index contributed by atoms with van der Waals surface area (Å²) in [6.45, 7) is 8.16. The van der Waals surface area contributed by atoms with Crippen molar-refractivity contribution in [3.63, 3.8) is 0 Å². The first kappa shape index (κ1) is 19.1. The first-order valence-electron chi connectivity index (χ1n) is 7.81. The first-order chi connectivity index (χ1) is 11.2. The number of ether oxygens (including phenoxy) is 1. The molecule has 128 valence electrons. The Morgan fingerprint density at radius 3 is 2.00 bits per heavy atom. The molecule has 0 heterocycles. The standard InChI is InChI=1S/C19H23IO3Si/c1-19(23-24(3,4)5,15-8-10-16(20)11-9-15)18(21)14-6-12-17(22-2)13-7-14/h6-13H,1-5H3. The van der Waals surface area contributed by atoms with Gasteiger partial charge >= 0.3 is 0 Å². The van der Waals surface area contributed by atoms with Gasteiger partial charge in [0.15, 0.2) is 14.1 Å². The predicted octanol–water partition coefficient (Wildman–Crippen LogP) is 5.25. The maximum atomic E-state index is 13.3. The molecule has 0 bridgehead atoms. The van der Waals surface area contributed by atoms with Crippen LogP contribution in [0.25, 0.3) is 0 Å². The number of halogens is 1. The van der Waals surface area contributed by atoms with Gasteiger partial charge in [0.2, 0.25) is 0 Å². The number of carbonyl (C=O) groups is 1. The highest BCUT2D eigenvalue weighted by Crippen LogP contribution is 2.33. The van der Waals surface area contributed by atoms with E-state index in [-0.39, 0.29) is 5.78 Å². The van der Waals surface area contributed by atoms with Gasteiger partial charge in [-0.3, -0.25) is 4.79 Å². The minimum absolute atomic E-state index is 0.0335. The van der Waals surface area contributed by atoms with Crippen molar-refractivity contribution in [2.45, 2.75) is 32.2 Å². The van der Waals surface area contributed by atoms with E-state index in [0.29, 0.717) is 5.56 Å². The van der Waals surface area contributed by atoms with E-state index in [0.717, 1.165) is 14.9 Å². The lowest BCUT2D eigenvalue weighted by atomic mass is 9.88. The number of methoxy groups -OCH3 is 1. The molecule has 0 saturated carbocycles. The zero-order valence-corrected chi connectivity index (χ0v) is 17.9. The molecule has 2 aromatic rings. The maximum Gasteiger partial charge on any atom is 0.197 e. The Morgan fingerprint density at radius 1 is 1.00 bits per heavy atom. The number of benzene rings is 2. The molecule has 0 aliphatic rings. The third-order valence-electron chi connectivity index (χ3n) is 3.69. The third-order valence-corrected chi connectivity index (χ3v) is 5.43. The molecular weight excluding hydrogens is 431 g/mol. The van der Waals surface area contributed by atoms with Crippen LogP contribution in [0.4, 0.5) is 0 Å². The minimum Gasteiger partial charge on any atom is -0.497 e. The Morgan fingerprint density at radius 2 is 1.54 bits per heavy atom. The van der Waals surface area contributed by atoms with Gasteiger partial charge in [0, 0.05) is 9.13 Å². The van der Waals surface area contributed by atoms with Gasteiger partial charge in [-0.1, -0.05) is 12.1 Å². The van der Waals surface area contributed by atoms with Crippen molar-refractivity contribution in [1.29, 1.82) is 0 Å². The second-order valence-electron chi connectivity index (χ2n) is 6.81. The molecule has 0 aliphatic carbocycles. The maximum absolute atomic E-state index is 13.3. The van der Waals surface area contributed by atoms with Crippen LogP contribution in [0, 0.1) is 3.57 Å². The van der Waals surface area contributed by atoms with Crippen molar-refractivity contribution in [3.05, 3.63) is 63.2 Å². The summed E-state index contributed by atoms with van der Waals surface area (Å²) >= 11 is 2.26. The highest BCUT2D eigenvalue weighted by Gasteiger charge is 2.40. The number of hydrogen-bond donors (Lipinski definition) is 0. The zero-order chi connectivity index (χ0) is 18.0. The number of carbonyl (C=O) groups excluding carboxylic acids is 1. The van der Waals surface area contributed by atoms with E-state index in [2.05, 4.69) is 42.2 Å². The van der Waals surface area contributed by atoms with Gasteiger partial charge in [0.25, 0.3) is 0 Å². The smallest absolute Gasteiger partial charge is 0.197 e. The monoisotopic (exact) mass is 454 g/mol. The number of ketones is 1. The Labute approximate surface area is 158 Å². The van der Waals surface area contributed by atoms with Gasteiger partial charge in [-0.25, -0.2) is 0 Å². The molecular formula is C19H23IO3Si. The van der Waals surface area contributed by atoms with E-state index in [9.17, 15) is 4.79 Å². The van der Waals surface area contributed by atoms with Crippen LogP contribution in [0.3, 0.4) is 0 Å². The lowest BCUT2D eigenvalue weighted by Crippen LogP contribution is -2.44. The van der Waals surface area contributed by atoms with E-state index < -0.39 is 13.9 Å². The minimum atomic E-state index is -1.95. The SMILES string of the molecule is COc1ccc(C(=O)C(C)(O[Si](C)(C)C)c2ccc(I)cc2)cc1. The molecule has 0 spiro atoms. The Kier molecular flexibility index (Phi) is 5.88. The summed E-state index contributed by atoms with van der Waals surface area (Å²) in [5.41, 5.74) is 0.505. The molecule has 24 heavy (non-hydrogen) atoms. The number of rotatable bonds is 6. The second kappa shape index (κ2) is 7.37. The molecule has 0 fully saturated rings. The van der Waals surface area contributed by atoms with E-state index in [4.69, 9.17) is 9.16 Å². The summed E-state index contributed by atoms with van der Waals surface area (Å²) in [6, 6.07) is 15.1. The van der Waals surface area contributed by atoms with Gasteiger partial charge in [0.1, 0.15) is 11.4 Å². The van der Waals surface area contributed by atoms with Gasteiger partial charge in [-0.15, -0.1) is 0 Å². The van der Waals surface area contributed by atoms with Gasteiger partial charge < -0.3 is 9.16 Å². The van der Waals surface area contributed by atoms with Crippen LogP contribution in [0.5, 0.6) is 5.75 Å². The Hall–Kier alpha value is -1.18. The summed E-state index contributed by atoms with van der Waals surface area (Å²) in [7, 11) is -0.338. The average molecular weight is 454 g/mol. The van der Waals surface area contributed by atoms with Crippen LogP contribution in [-0.2, 0) is 10.0 Å². The molecule has 1 atom stereocenters. The molecule has 0 amide bonds. The summed E-state index contributed by atoms with van der Waals surface area (Å²) in [5.74, 6) is 0.697. The van der Waals surface area contributed by atoms with Crippen LogP contribution >= 0.6 is 22.6 Å². The van der Waals surface area contributed by atoms with E-state index in [1.54, 1.807) is 31.4 Å². The molecule has 2 aromatic carbocycles. The summed E-state index contributed by atoms with van der Waals surface area (Å²) < 4.78 is 12.7. The fourth-order valence-electron chi connectivity index (χ4n) is 2.63. The van der Waals surface area contributed by atoms with Crippen molar-refractivity contribution in [2.24, 2.45) is 0 Å². The van der Waals surface area contributed by atoms with Crippen LogP contribution in [-0.4, -0.2) is 21.2 Å². The molecule has 0 radical (unpaired) electrons. The normalized spacial score (nSPS) is 14.1. The van der Waals surface area contributed by atoms with E-state index in [1.807, 2.05) is 31.2 Å². The quantitative estimate of drug-likeness (QED) is 0.340. The van der Waals surface area contributed by atoms with E-state index >= 15 is 0 Å². The summed E-state index contributed by atoms with van der Waals surface area (Å²) in [4.78, 5) is 13.3. The lowest BCUT2D eigenvalue weighted by Gasteiger charge is -2.35. The molecule has 0 saturated heterocycles. The summed E-state index contributed by atoms with van der Waals surface area (Å²) in [6.07, 6.45) is 0. The van der Waals surface area contributed by atoms with Gasteiger partial charge in [-0.2, -0.15) is 0 Å². The van der Waals surface area contributed by atoms with Gasteiger partial charge in [-0.05, 0) is 91.1 Å². The fraction of sp³-hybridized carbons (Fsp3) is 0.316. The highest BCUT2D eigenvalue weighted by molar-refractivity contribution is 14.1. The third kappa shape index (κ3) is 4.46. The van der Waals surface area contributed by atoms with Crippen molar-refractivity contribution < 1.29 is 14.0 Å². The average Bonchev–Trinajstić information content (AvgIpc) is 2.53. The van der Waals surface area contributed by atoms with Crippen molar-refractivity contribution in [2.75, 3.05) is 7.11 Å². The molecule has 0 aliphatic heterocycles. The van der Waals surface area contributed by atoms with E-state index in [1.165, 1.54) is 0 Å². The second-order valence-corrected chi connectivity index (χ2v) is 12.5. The van der Waals surface area contributed by atoms with Crippen LogP contribution in [0.2, 0.25) is 19.6 Å². The highest BCUT2D eigenvalue weighted by atomic mass is 127. The van der Waals surface area contributed by atoms with Crippen LogP contribution < -0.4 is 4.74 Å². The fourth-order valence-corrected chi connectivity index (χ4v) is 4.43. The molecule has 2 rings (SSSR count). The topological polar surface area (TPSA) is 35.5 Å². The molecule has 5 heteroatoms. The van der Waals surface area contributed by atoms with Gasteiger partial charge in [0.05, 0.1) is 7.11 Å². The number of hydrogen-bond acceptors (Lipinski definition) is 3. The molecule has 1 unspecified atom stereocenters. The van der Waals surface area contributed by atoms with Crippen molar-refractivity contribution >= 4 is 36.7 Å².